The zero-order valence-corrected chi connectivity index (χ0v) is 15.0. The molecule has 2 aromatic carbocycles. The molecule has 1 aliphatic heterocycles. The summed E-state index contributed by atoms with van der Waals surface area (Å²) in [5.74, 6) is 0.164. The molecular weight excluding hydrogens is 373 g/mol. The first-order valence-corrected chi connectivity index (χ1v) is 9.38. The number of benzene rings is 2. The SMILES string of the molecule is COc1cc(N2Cc3ccccc3S2(=O)=O)nc(Oc2ccc(F)cc2)n1. The Morgan fingerprint density at radius 2 is 1.81 bits per heavy atom. The van der Waals surface area contributed by atoms with E-state index in [1.54, 1.807) is 24.3 Å². The van der Waals surface area contributed by atoms with Gasteiger partial charge in [0.15, 0.2) is 5.82 Å². The van der Waals surface area contributed by atoms with E-state index in [0.717, 1.165) is 0 Å². The second kappa shape index (κ2) is 6.51. The average molecular weight is 387 g/mol. The van der Waals surface area contributed by atoms with Crippen molar-refractivity contribution in [2.75, 3.05) is 11.4 Å². The van der Waals surface area contributed by atoms with Gasteiger partial charge in [-0.3, -0.25) is 0 Å². The topological polar surface area (TPSA) is 81.6 Å². The smallest absolute Gasteiger partial charge is 0.327 e. The minimum absolute atomic E-state index is 0.109. The second-order valence-electron chi connectivity index (χ2n) is 5.73. The van der Waals surface area contributed by atoms with Crippen LogP contribution in [0.1, 0.15) is 5.56 Å². The van der Waals surface area contributed by atoms with Crippen molar-refractivity contribution in [1.82, 2.24) is 9.97 Å². The van der Waals surface area contributed by atoms with E-state index < -0.39 is 15.8 Å². The molecule has 138 valence electrons. The molecule has 0 aliphatic carbocycles. The molecule has 7 nitrogen and oxygen atoms in total. The Morgan fingerprint density at radius 3 is 2.52 bits per heavy atom. The first-order chi connectivity index (χ1) is 13.0. The van der Waals surface area contributed by atoms with Crippen LogP contribution in [0.5, 0.6) is 17.6 Å². The fourth-order valence-electron chi connectivity index (χ4n) is 2.73. The Hall–Kier alpha value is -3.20. The van der Waals surface area contributed by atoms with Gasteiger partial charge in [-0.05, 0) is 35.9 Å². The number of ether oxygens (including phenoxy) is 2. The number of methoxy groups -OCH3 is 1. The lowest BCUT2D eigenvalue weighted by atomic mass is 10.2. The van der Waals surface area contributed by atoms with Gasteiger partial charge < -0.3 is 9.47 Å². The second-order valence-corrected chi connectivity index (χ2v) is 7.56. The average Bonchev–Trinajstić information content (AvgIpc) is 2.94. The monoisotopic (exact) mass is 387 g/mol. The van der Waals surface area contributed by atoms with Gasteiger partial charge in [0.25, 0.3) is 10.0 Å². The number of hydrogen-bond acceptors (Lipinski definition) is 6. The predicted octanol–water partition coefficient (Wildman–Crippen LogP) is 3.13. The van der Waals surface area contributed by atoms with Crippen LogP contribution in [0.4, 0.5) is 10.2 Å². The van der Waals surface area contributed by atoms with Gasteiger partial charge in [0.2, 0.25) is 5.88 Å². The molecule has 4 rings (SSSR count). The molecule has 0 N–H and O–H groups in total. The Bertz CT molecular complexity index is 1100. The molecule has 0 saturated heterocycles. The van der Waals surface area contributed by atoms with E-state index in [0.29, 0.717) is 11.3 Å². The van der Waals surface area contributed by atoms with Crippen molar-refractivity contribution in [3.63, 3.8) is 0 Å². The molecule has 0 radical (unpaired) electrons. The van der Waals surface area contributed by atoms with Crippen LogP contribution < -0.4 is 13.8 Å². The van der Waals surface area contributed by atoms with Crippen LogP contribution in [0.2, 0.25) is 0 Å². The quantitative estimate of drug-likeness (QED) is 0.684. The number of aromatic nitrogens is 2. The number of rotatable bonds is 4. The standard InChI is InChI=1S/C18H14FN3O4S/c1-25-17-10-16(20-18(21-17)26-14-8-6-13(19)7-9-14)22-11-12-4-2-3-5-15(12)27(22,23)24/h2-10H,11H2,1H3. The third-order valence-corrected chi connectivity index (χ3v) is 5.86. The number of nitrogens with zero attached hydrogens (tertiary/aromatic N) is 3. The van der Waals surface area contributed by atoms with Gasteiger partial charge in [-0.1, -0.05) is 18.2 Å². The summed E-state index contributed by atoms with van der Waals surface area (Å²) in [6.45, 7) is 0.147. The molecule has 27 heavy (non-hydrogen) atoms. The van der Waals surface area contributed by atoms with Gasteiger partial charge in [-0.25, -0.2) is 17.1 Å². The van der Waals surface area contributed by atoms with Crippen molar-refractivity contribution < 1.29 is 22.3 Å². The lowest BCUT2D eigenvalue weighted by Crippen LogP contribution is -2.25. The minimum atomic E-state index is -3.74. The molecule has 0 bridgehead atoms. The Balaban J connectivity index is 1.72. The van der Waals surface area contributed by atoms with E-state index in [9.17, 15) is 12.8 Å². The molecule has 9 heteroatoms. The largest absolute Gasteiger partial charge is 0.481 e. The molecule has 0 amide bonds. The zero-order chi connectivity index (χ0) is 19.0. The third kappa shape index (κ3) is 3.17. The van der Waals surface area contributed by atoms with Crippen LogP contribution >= 0.6 is 0 Å². The molecule has 0 fully saturated rings. The highest BCUT2D eigenvalue weighted by atomic mass is 32.2. The van der Waals surface area contributed by atoms with Gasteiger partial charge in [-0.2, -0.15) is 9.97 Å². The molecule has 0 spiro atoms. The molecule has 1 aliphatic rings. The summed E-state index contributed by atoms with van der Waals surface area (Å²) in [6.07, 6.45) is 0. The summed E-state index contributed by atoms with van der Waals surface area (Å²) in [7, 11) is -2.33. The van der Waals surface area contributed by atoms with Crippen molar-refractivity contribution in [3.05, 3.63) is 66.0 Å². The number of anilines is 1. The maximum absolute atomic E-state index is 13.0. The Labute approximate surface area is 155 Å². The van der Waals surface area contributed by atoms with Gasteiger partial charge >= 0.3 is 6.01 Å². The predicted molar refractivity (Wildman–Crippen MR) is 94.9 cm³/mol. The van der Waals surface area contributed by atoms with Crippen LogP contribution in [0.15, 0.2) is 59.5 Å². The van der Waals surface area contributed by atoms with E-state index in [-0.39, 0.29) is 29.1 Å². The molecular formula is C18H14FN3O4S. The van der Waals surface area contributed by atoms with Crippen LogP contribution in [0, 0.1) is 5.82 Å². The fraction of sp³-hybridized carbons (Fsp3) is 0.111. The van der Waals surface area contributed by atoms with Crippen LogP contribution in [-0.4, -0.2) is 25.5 Å². The first-order valence-electron chi connectivity index (χ1n) is 7.94. The summed E-state index contributed by atoms with van der Waals surface area (Å²) in [5, 5.41) is 0. The summed E-state index contributed by atoms with van der Waals surface area (Å²) in [4.78, 5) is 8.51. The number of fused-ring (bicyclic) bond motifs is 1. The maximum Gasteiger partial charge on any atom is 0.327 e. The van der Waals surface area contributed by atoms with Gasteiger partial charge in [0.1, 0.15) is 11.6 Å². The Kier molecular flexibility index (Phi) is 4.15. The van der Waals surface area contributed by atoms with Gasteiger partial charge in [0.05, 0.1) is 18.6 Å². The Morgan fingerprint density at radius 1 is 1.07 bits per heavy atom. The van der Waals surface area contributed by atoms with Crippen molar-refractivity contribution in [2.24, 2.45) is 0 Å². The van der Waals surface area contributed by atoms with E-state index in [1.807, 2.05) is 0 Å². The molecule has 0 unspecified atom stereocenters. The minimum Gasteiger partial charge on any atom is -0.481 e. The van der Waals surface area contributed by atoms with Gasteiger partial charge in [0, 0.05) is 6.07 Å². The molecule has 0 saturated carbocycles. The first kappa shape index (κ1) is 17.2. The van der Waals surface area contributed by atoms with E-state index in [4.69, 9.17) is 9.47 Å². The normalized spacial score (nSPS) is 14.7. The van der Waals surface area contributed by atoms with Crippen molar-refractivity contribution >= 4 is 15.8 Å². The summed E-state index contributed by atoms with van der Waals surface area (Å²) >= 11 is 0. The zero-order valence-electron chi connectivity index (χ0n) is 14.2. The number of hydrogen-bond donors (Lipinski definition) is 0. The van der Waals surface area contributed by atoms with Crippen molar-refractivity contribution in [2.45, 2.75) is 11.4 Å². The highest BCUT2D eigenvalue weighted by Crippen LogP contribution is 2.35. The molecule has 1 aromatic heterocycles. The van der Waals surface area contributed by atoms with Gasteiger partial charge in [-0.15, -0.1) is 0 Å². The molecule has 0 atom stereocenters. The van der Waals surface area contributed by atoms with Crippen LogP contribution in [0.25, 0.3) is 0 Å². The highest BCUT2D eigenvalue weighted by Gasteiger charge is 2.36. The third-order valence-electron chi connectivity index (χ3n) is 4.01. The van der Waals surface area contributed by atoms with E-state index >= 15 is 0 Å². The molecule has 3 aromatic rings. The van der Waals surface area contributed by atoms with Crippen molar-refractivity contribution in [1.29, 1.82) is 0 Å². The van der Waals surface area contributed by atoms with Crippen LogP contribution in [0.3, 0.4) is 0 Å². The number of sulfonamides is 1. The molecule has 2 heterocycles. The summed E-state index contributed by atoms with van der Waals surface area (Å²) in [6, 6.07) is 13.4. The maximum atomic E-state index is 13.0. The fourth-order valence-corrected chi connectivity index (χ4v) is 4.33. The number of halogens is 1. The summed E-state index contributed by atoms with van der Waals surface area (Å²) in [5.41, 5.74) is 0.677. The van der Waals surface area contributed by atoms with Crippen molar-refractivity contribution in [3.8, 4) is 17.6 Å². The summed E-state index contributed by atoms with van der Waals surface area (Å²) < 4.78 is 50.6. The lowest BCUT2D eigenvalue weighted by Gasteiger charge is -2.17. The lowest BCUT2D eigenvalue weighted by molar-refractivity contribution is 0.376. The highest BCUT2D eigenvalue weighted by molar-refractivity contribution is 7.93. The van der Waals surface area contributed by atoms with E-state index in [2.05, 4.69) is 9.97 Å². The van der Waals surface area contributed by atoms with Crippen LogP contribution in [-0.2, 0) is 16.6 Å². The van der Waals surface area contributed by atoms with E-state index in [1.165, 1.54) is 41.7 Å².